The Bertz CT molecular complexity index is 987. The molecule has 2 aromatic rings. The summed E-state index contributed by atoms with van der Waals surface area (Å²) in [5.41, 5.74) is 5.40. The Hall–Kier alpha value is -2.49. The van der Waals surface area contributed by atoms with Gasteiger partial charge < -0.3 is 20.2 Å². The minimum atomic E-state index is -0.675. The van der Waals surface area contributed by atoms with Gasteiger partial charge in [0.25, 0.3) is 5.56 Å². The summed E-state index contributed by atoms with van der Waals surface area (Å²) in [6, 6.07) is 5.36. The Kier molecular flexibility index (Phi) is 5.73. The normalized spacial score (nSPS) is 10.0. The number of nitrogens with two attached hydrogens (primary N) is 1. The van der Waals surface area contributed by atoms with Gasteiger partial charge in [-0.1, -0.05) is 0 Å². The van der Waals surface area contributed by atoms with E-state index in [4.69, 9.17) is 15.2 Å². The fourth-order valence-corrected chi connectivity index (χ4v) is 3.40. The third-order valence-electron chi connectivity index (χ3n) is 3.37. The number of H-pyrrole nitrogens is 1. The van der Waals surface area contributed by atoms with Crippen molar-refractivity contribution in [2.75, 3.05) is 19.5 Å². The van der Waals surface area contributed by atoms with Crippen LogP contribution in [0.1, 0.15) is 18.1 Å². The maximum absolute atomic E-state index is 12.1. The summed E-state index contributed by atoms with van der Waals surface area (Å²) < 4.78 is 11.9. The second kappa shape index (κ2) is 7.60. The minimum absolute atomic E-state index is 0.00337. The van der Waals surface area contributed by atoms with Crippen molar-refractivity contribution in [1.82, 2.24) is 4.98 Å². The molecule has 0 amide bonds. The molecule has 1 heterocycles. The van der Waals surface area contributed by atoms with Gasteiger partial charge in [0.1, 0.15) is 29.1 Å². The Balaban J connectivity index is 3.00. The fraction of sp³-hybridized carbons (Fsp3) is 0.188. The molecule has 0 saturated heterocycles. The smallest absolute Gasteiger partial charge is 0.268 e. The summed E-state index contributed by atoms with van der Waals surface area (Å²) in [7, 11) is 1.49. The Morgan fingerprint density at radius 1 is 1.24 bits per heavy atom. The Morgan fingerprint density at radius 2 is 1.88 bits per heavy atom. The predicted octanol–water partition coefficient (Wildman–Crippen LogP) is 3.30. The number of nitrogens with zero attached hydrogens (tertiary/aromatic N) is 2. The Labute approximate surface area is 160 Å². The minimum Gasteiger partial charge on any atom is -0.492 e. The molecule has 0 aliphatic rings. The zero-order valence-corrected chi connectivity index (χ0v) is 16.4. The maximum Gasteiger partial charge on any atom is 0.268 e. The number of hydrogen-bond acceptors (Lipinski definition) is 6. The van der Waals surface area contributed by atoms with Crippen molar-refractivity contribution in [3.63, 3.8) is 0 Å². The summed E-state index contributed by atoms with van der Waals surface area (Å²) in [6.07, 6.45) is 0. The third kappa shape index (κ3) is 3.21. The summed E-state index contributed by atoms with van der Waals surface area (Å²) in [4.78, 5) is 14.4. The molecule has 0 saturated carbocycles. The molecule has 3 N–H and O–H groups in total. The number of hydrogen-bond donors (Lipinski definition) is 2. The van der Waals surface area contributed by atoms with E-state index in [9.17, 15) is 15.3 Å². The van der Waals surface area contributed by atoms with Gasteiger partial charge in [0.2, 0.25) is 0 Å². The molecule has 0 unspecified atom stereocenters. The molecular formula is C16H12Br2N4O3. The highest BCUT2D eigenvalue weighted by atomic mass is 79.9. The monoisotopic (exact) mass is 466 g/mol. The molecule has 9 heteroatoms. The largest absolute Gasteiger partial charge is 0.492 e. The number of ether oxygens (including phenoxy) is 2. The van der Waals surface area contributed by atoms with Crippen LogP contribution in [-0.4, -0.2) is 18.7 Å². The van der Waals surface area contributed by atoms with Crippen molar-refractivity contribution >= 4 is 37.7 Å². The molecule has 0 spiro atoms. The number of halogens is 2. The topological polar surface area (TPSA) is 125 Å². The number of nitriles is 2. The first kappa shape index (κ1) is 18.8. The molecule has 128 valence electrons. The molecule has 0 atom stereocenters. The van der Waals surface area contributed by atoms with Crippen LogP contribution in [0, 0.1) is 22.7 Å². The second-order valence-corrected chi connectivity index (χ2v) is 6.32. The first-order valence-electron chi connectivity index (χ1n) is 6.96. The number of benzene rings is 1. The number of pyridine rings is 1. The lowest BCUT2D eigenvalue weighted by Crippen LogP contribution is -2.16. The van der Waals surface area contributed by atoms with Crippen LogP contribution in [0.15, 0.2) is 19.8 Å². The average Bonchev–Trinajstić information content (AvgIpc) is 2.58. The lowest BCUT2D eigenvalue weighted by atomic mass is 9.96. The van der Waals surface area contributed by atoms with Gasteiger partial charge in [-0.15, -0.1) is 0 Å². The van der Waals surface area contributed by atoms with Crippen LogP contribution in [0.5, 0.6) is 11.5 Å². The molecule has 7 nitrogen and oxygen atoms in total. The maximum atomic E-state index is 12.1. The van der Waals surface area contributed by atoms with Crippen LogP contribution < -0.4 is 20.8 Å². The molecule has 0 fully saturated rings. The number of nitrogens with one attached hydrogen (secondary N) is 1. The van der Waals surface area contributed by atoms with Gasteiger partial charge in [0.05, 0.1) is 18.2 Å². The fourth-order valence-electron chi connectivity index (χ4n) is 2.33. The van der Waals surface area contributed by atoms with Gasteiger partial charge >= 0.3 is 0 Å². The number of aromatic nitrogens is 1. The lowest BCUT2D eigenvalue weighted by molar-refractivity contribution is 0.310. The molecule has 0 radical (unpaired) electrons. The zero-order chi connectivity index (χ0) is 18.7. The van der Waals surface area contributed by atoms with Gasteiger partial charge in [-0.25, -0.2) is 0 Å². The summed E-state index contributed by atoms with van der Waals surface area (Å²) in [6.45, 7) is 2.18. The predicted molar refractivity (Wildman–Crippen MR) is 99.5 cm³/mol. The van der Waals surface area contributed by atoms with E-state index in [0.717, 1.165) is 0 Å². The van der Waals surface area contributed by atoms with E-state index in [0.29, 0.717) is 32.6 Å². The first-order valence-corrected chi connectivity index (χ1v) is 8.54. The standard InChI is InChI=1S/C16H12Br2N4O3/c1-3-25-10-4-7(12(17)13(18)14(10)24-2)11-8(5-19)15(21)22-16(23)9(11)6-20/h4H,3H2,1-2H3,(H3,21,22,23). The van der Waals surface area contributed by atoms with Crippen LogP contribution in [0.3, 0.4) is 0 Å². The molecular weight excluding hydrogens is 456 g/mol. The van der Waals surface area contributed by atoms with Crippen molar-refractivity contribution in [1.29, 1.82) is 10.5 Å². The van der Waals surface area contributed by atoms with Crippen molar-refractivity contribution in [3.05, 3.63) is 36.5 Å². The molecule has 1 aromatic carbocycles. The highest BCUT2D eigenvalue weighted by Crippen LogP contribution is 2.47. The van der Waals surface area contributed by atoms with E-state index in [1.807, 2.05) is 19.1 Å². The van der Waals surface area contributed by atoms with E-state index in [1.165, 1.54) is 7.11 Å². The molecule has 0 aliphatic carbocycles. The van der Waals surface area contributed by atoms with Gasteiger partial charge in [-0.2, -0.15) is 10.5 Å². The Morgan fingerprint density at radius 3 is 2.40 bits per heavy atom. The summed E-state index contributed by atoms with van der Waals surface area (Å²) in [5.74, 6) is 0.715. The summed E-state index contributed by atoms with van der Waals surface area (Å²) >= 11 is 6.82. The van der Waals surface area contributed by atoms with Crippen LogP contribution in [-0.2, 0) is 0 Å². The molecule has 2 rings (SSSR count). The van der Waals surface area contributed by atoms with Gasteiger partial charge in [0.15, 0.2) is 11.5 Å². The number of nitrogen functional groups attached to an aromatic ring is 1. The molecule has 0 bridgehead atoms. The second-order valence-electron chi connectivity index (χ2n) is 4.73. The number of rotatable bonds is 4. The van der Waals surface area contributed by atoms with Crippen LogP contribution in [0.25, 0.3) is 11.1 Å². The molecule has 0 aliphatic heterocycles. The van der Waals surface area contributed by atoms with E-state index in [2.05, 4.69) is 36.8 Å². The number of methoxy groups -OCH3 is 1. The van der Waals surface area contributed by atoms with Gasteiger partial charge in [-0.3, -0.25) is 4.79 Å². The summed E-state index contributed by atoms with van der Waals surface area (Å²) in [5, 5.41) is 18.9. The molecule has 1 aromatic heterocycles. The van der Waals surface area contributed by atoms with E-state index >= 15 is 0 Å². The van der Waals surface area contributed by atoms with Crippen LogP contribution in [0.4, 0.5) is 5.82 Å². The van der Waals surface area contributed by atoms with Crippen molar-refractivity contribution in [3.8, 4) is 34.8 Å². The number of aromatic amines is 1. The first-order chi connectivity index (χ1) is 11.9. The van der Waals surface area contributed by atoms with E-state index in [-0.39, 0.29) is 22.5 Å². The van der Waals surface area contributed by atoms with Crippen molar-refractivity contribution in [2.45, 2.75) is 6.92 Å². The van der Waals surface area contributed by atoms with E-state index < -0.39 is 5.56 Å². The quantitative estimate of drug-likeness (QED) is 0.710. The zero-order valence-electron chi connectivity index (χ0n) is 13.2. The lowest BCUT2D eigenvalue weighted by Gasteiger charge is -2.17. The highest BCUT2D eigenvalue weighted by molar-refractivity contribution is 9.13. The van der Waals surface area contributed by atoms with Gasteiger partial charge in [0, 0.05) is 15.6 Å². The third-order valence-corrected chi connectivity index (χ3v) is 5.48. The van der Waals surface area contributed by atoms with Gasteiger partial charge in [-0.05, 0) is 44.8 Å². The van der Waals surface area contributed by atoms with Crippen LogP contribution in [0.2, 0.25) is 0 Å². The average molecular weight is 468 g/mol. The van der Waals surface area contributed by atoms with Crippen molar-refractivity contribution in [2.24, 2.45) is 0 Å². The highest BCUT2D eigenvalue weighted by Gasteiger charge is 2.24. The SMILES string of the molecule is CCOc1cc(-c2c(C#N)c(N)[nH]c(=O)c2C#N)c(Br)c(Br)c1OC. The van der Waals surface area contributed by atoms with Crippen molar-refractivity contribution < 1.29 is 9.47 Å². The molecule has 25 heavy (non-hydrogen) atoms. The van der Waals surface area contributed by atoms with Crippen LogP contribution >= 0.6 is 31.9 Å². The number of anilines is 1. The van der Waals surface area contributed by atoms with E-state index in [1.54, 1.807) is 6.07 Å².